The quantitative estimate of drug-likeness (QED) is 0.260. The lowest BCUT2D eigenvalue weighted by Gasteiger charge is -2.40. The van der Waals surface area contributed by atoms with E-state index in [0.29, 0.717) is 29.8 Å². The Morgan fingerprint density at radius 2 is 1.70 bits per heavy atom. The number of halogens is 1. The molecule has 5 nitrogen and oxygen atoms in total. The second-order valence-electron chi connectivity index (χ2n) is 9.97. The molecule has 3 aromatic carbocycles. The Hall–Kier alpha value is -3.51. The van der Waals surface area contributed by atoms with Crippen molar-refractivity contribution in [3.8, 4) is 0 Å². The van der Waals surface area contributed by atoms with E-state index in [1.165, 1.54) is 18.1 Å². The van der Waals surface area contributed by atoms with Crippen LogP contribution in [-0.2, 0) is 12.8 Å². The molecule has 194 valence electrons. The minimum Gasteiger partial charge on any atom is -0.338 e. The van der Waals surface area contributed by atoms with Gasteiger partial charge < -0.3 is 10.6 Å². The number of benzene rings is 3. The highest BCUT2D eigenvalue weighted by Crippen LogP contribution is 2.28. The van der Waals surface area contributed by atoms with Crippen molar-refractivity contribution in [3.63, 3.8) is 0 Å². The number of urea groups is 1. The first-order valence-corrected chi connectivity index (χ1v) is 13.1. The van der Waals surface area contributed by atoms with Crippen LogP contribution in [0.3, 0.4) is 0 Å². The molecule has 1 saturated heterocycles. The lowest BCUT2D eigenvalue weighted by Crippen LogP contribution is -2.45. The van der Waals surface area contributed by atoms with E-state index in [2.05, 4.69) is 39.8 Å². The van der Waals surface area contributed by atoms with E-state index in [0.717, 1.165) is 45.2 Å². The van der Waals surface area contributed by atoms with Crippen molar-refractivity contribution in [2.75, 3.05) is 25.0 Å². The summed E-state index contributed by atoms with van der Waals surface area (Å²) in [6.07, 6.45) is 5.05. The third kappa shape index (κ3) is 8.25. The first kappa shape index (κ1) is 26.6. The normalized spacial score (nSPS) is 17.8. The average Bonchev–Trinajstić information content (AvgIpc) is 2.90. The summed E-state index contributed by atoms with van der Waals surface area (Å²) in [5.41, 5.74) is 3.72. The van der Waals surface area contributed by atoms with Gasteiger partial charge in [-0.25, -0.2) is 9.18 Å². The summed E-state index contributed by atoms with van der Waals surface area (Å²) in [4.78, 5) is 26.5. The molecule has 3 aromatic rings. The molecule has 0 aliphatic carbocycles. The summed E-state index contributed by atoms with van der Waals surface area (Å²) in [5.74, 6) is 0.355. The van der Waals surface area contributed by atoms with Crippen LogP contribution in [-0.4, -0.2) is 42.4 Å². The highest BCUT2D eigenvalue weighted by atomic mass is 19.1. The highest BCUT2D eigenvalue weighted by molar-refractivity contribution is 5.96. The Balaban J connectivity index is 1.28. The number of hydrogen-bond acceptors (Lipinski definition) is 3. The monoisotopic (exact) mass is 501 g/mol. The fourth-order valence-corrected chi connectivity index (χ4v) is 5.19. The lowest BCUT2D eigenvalue weighted by molar-refractivity contribution is 0.101. The fourth-order valence-electron chi connectivity index (χ4n) is 5.19. The molecule has 6 heteroatoms. The van der Waals surface area contributed by atoms with Crippen LogP contribution >= 0.6 is 0 Å². The second-order valence-corrected chi connectivity index (χ2v) is 9.97. The van der Waals surface area contributed by atoms with Crippen molar-refractivity contribution in [1.29, 1.82) is 0 Å². The Labute approximate surface area is 219 Å². The maximum Gasteiger partial charge on any atom is 0.319 e. The maximum absolute atomic E-state index is 13.3. The molecule has 1 aliphatic rings. The zero-order valence-corrected chi connectivity index (χ0v) is 21.5. The number of carbonyl (C=O) groups is 2. The minimum absolute atomic E-state index is 0.0319. The number of nitrogens with one attached hydrogen (secondary N) is 2. The average molecular weight is 502 g/mol. The largest absolute Gasteiger partial charge is 0.338 e. The molecule has 4 rings (SSSR count). The third-order valence-corrected chi connectivity index (χ3v) is 7.13. The zero-order chi connectivity index (χ0) is 26.0. The number of carbonyl (C=O) groups excluding carboxylic acids is 2. The summed E-state index contributed by atoms with van der Waals surface area (Å²) in [6.45, 7) is 4.02. The zero-order valence-electron chi connectivity index (χ0n) is 21.5. The van der Waals surface area contributed by atoms with Gasteiger partial charge in [0, 0.05) is 30.4 Å². The number of likely N-dealkylation sites (tertiary alicyclic amines) is 1. The number of piperidine rings is 1. The minimum atomic E-state index is -0.264. The Morgan fingerprint density at radius 1 is 0.946 bits per heavy atom. The van der Waals surface area contributed by atoms with Crippen LogP contribution in [0.25, 0.3) is 0 Å². The Kier molecular flexibility index (Phi) is 9.44. The first-order chi connectivity index (χ1) is 18.0. The molecule has 0 bridgehead atoms. The van der Waals surface area contributed by atoms with Crippen LogP contribution in [0.5, 0.6) is 0 Å². The van der Waals surface area contributed by atoms with Gasteiger partial charge in [-0.1, -0.05) is 54.6 Å². The first-order valence-electron chi connectivity index (χ1n) is 13.1. The number of rotatable bonds is 10. The second kappa shape index (κ2) is 13.2. The van der Waals surface area contributed by atoms with Gasteiger partial charge in [0.1, 0.15) is 5.82 Å². The molecular formula is C31H36FN3O2. The van der Waals surface area contributed by atoms with Crippen molar-refractivity contribution >= 4 is 17.5 Å². The number of anilines is 1. The highest BCUT2D eigenvalue weighted by Gasteiger charge is 2.28. The summed E-state index contributed by atoms with van der Waals surface area (Å²) in [7, 11) is 0. The van der Waals surface area contributed by atoms with Crippen molar-refractivity contribution in [2.24, 2.45) is 5.92 Å². The fraction of sp³-hybridized carbons (Fsp3) is 0.355. The smallest absolute Gasteiger partial charge is 0.319 e. The van der Waals surface area contributed by atoms with Gasteiger partial charge >= 0.3 is 6.03 Å². The molecule has 37 heavy (non-hydrogen) atoms. The van der Waals surface area contributed by atoms with E-state index < -0.39 is 0 Å². The maximum atomic E-state index is 13.3. The van der Waals surface area contributed by atoms with Crippen LogP contribution in [0.4, 0.5) is 14.9 Å². The van der Waals surface area contributed by atoms with Gasteiger partial charge in [-0.15, -0.1) is 0 Å². The molecule has 0 unspecified atom stereocenters. The van der Waals surface area contributed by atoms with Gasteiger partial charge in [0.15, 0.2) is 5.78 Å². The van der Waals surface area contributed by atoms with E-state index in [1.54, 1.807) is 36.4 Å². The van der Waals surface area contributed by atoms with Crippen molar-refractivity contribution in [1.82, 2.24) is 10.2 Å². The molecular weight excluding hydrogens is 465 g/mol. The van der Waals surface area contributed by atoms with Gasteiger partial charge in [0.2, 0.25) is 0 Å². The molecule has 0 aromatic heterocycles. The van der Waals surface area contributed by atoms with E-state index in [1.807, 2.05) is 18.2 Å². The predicted octanol–water partition coefficient (Wildman–Crippen LogP) is 6.11. The lowest BCUT2D eigenvalue weighted by atomic mass is 9.83. The SMILES string of the molecule is CC(=O)c1cccc(NC(=O)NCCCN2CC[C@@H](Cc3ccc(F)cc3)C[C@H]2Cc2ccccc2)c1. The van der Waals surface area contributed by atoms with Gasteiger partial charge in [0.25, 0.3) is 0 Å². The third-order valence-electron chi connectivity index (χ3n) is 7.13. The molecule has 2 atom stereocenters. The number of ketones is 1. The van der Waals surface area contributed by atoms with Gasteiger partial charge in [-0.3, -0.25) is 9.69 Å². The van der Waals surface area contributed by atoms with Crippen LogP contribution in [0.1, 0.15) is 47.7 Å². The van der Waals surface area contributed by atoms with Crippen LogP contribution in [0.2, 0.25) is 0 Å². The number of hydrogen-bond donors (Lipinski definition) is 2. The van der Waals surface area contributed by atoms with E-state index in [9.17, 15) is 14.0 Å². The van der Waals surface area contributed by atoms with Crippen molar-refractivity contribution in [3.05, 3.63) is 101 Å². The summed E-state index contributed by atoms with van der Waals surface area (Å²) >= 11 is 0. The van der Waals surface area contributed by atoms with Crippen molar-refractivity contribution < 1.29 is 14.0 Å². The number of amides is 2. The Bertz CT molecular complexity index is 1170. The molecule has 2 N–H and O–H groups in total. The number of nitrogens with zero attached hydrogens (tertiary/aromatic N) is 1. The summed E-state index contributed by atoms with van der Waals surface area (Å²) in [5, 5.41) is 5.75. The summed E-state index contributed by atoms with van der Waals surface area (Å²) in [6, 6.07) is 24.6. The van der Waals surface area contributed by atoms with Gasteiger partial charge in [-0.2, -0.15) is 0 Å². The van der Waals surface area contributed by atoms with Gasteiger partial charge in [0.05, 0.1) is 0 Å². The van der Waals surface area contributed by atoms with Crippen LogP contribution in [0, 0.1) is 11.7 Å². The molecule has 0 radical (unpaired) electrons. The predicted molar refractivity (Wildman–Crippen MR) is 146 cm³/mol. The van der Waals surface area contributed by atoms with Crippen LogP contribution in [0.15, 0.2) is 78.9 Å². The molecule has 0 saturated carbocycles. The van der Waals surface area contributed by atoms with E-state index in [-0.39, 0.29) is 17.6 Å². The molecule has 1 heterocycles. The summed E-state index contributed by atoms with van der Waals surface area (Å²) < 4.78 is 13.3. The molecule has 0 spiro atoms. The molecule has 1 fully saturated rings. The topological polar surface area (TPSA) is 61.4 Å². The van der Waals surface area contributed by atoms with Gasteiger partial charge in [-0.05, 0) is 86.9 Å². The standard InChI is InChI=1S/C31H36FN3O2/c1-23(36)27-9-5-10-29(22-27)34-31(37)33-16-6-17-35-18-15-26(19-25-11-13-28(32)14-12-25)21-30(35)20-24-7-3-2-4-8-24/h2-5,7-14,22,26,30H,6,15-21H2,1H3,(H2,33,34,37)/t26-,30+/m0/s1. The van der Waals surface area contributed by atoms with E-state index >= 15 is 0 Å². The van der Waals surface area contributed by atoms with Crippen LogP contribution < -0.4 is 10.6 Å². The van der Waals surface area contributed by atoms with Crippen molar-refractivity contribution in [2.45, 2.75) is 45.1 Å². The Morgan fingerprint density at radius 3 is 2.46 bits per heavy atom. The van der Waals surface area contributed by atoms with E-state index in [4.69, 9.17) is 0 Å². The number of Topliss-reactive ketones (excluding diaryl/α,β-unsaturated/α-hetero) is 1. The molecule has 2 amide bonds. The molecule has 1 aliphatic heterocycles.